The molecule has 0 bridgehead atoms. The van der Waals surface area contributed by atoms with E-state index in [1.54, 1.807) is 7.05 Å². The van der Waals surface area contributed by atoms with Crippen molar-refractivity contribution in [2.24, 2.45) is 10.2 Å². The lowest BCUT2D eigenvalue weighted by Crippen LogP contribution is -2.22. The quantitative estimate of drug-likeness (QED) is 0.393. The Kier molecular flexibility index (Phi) is 5.52. The monoisotopic (exact) mass is 423 g/mol. The third-order valence-corrected chi connectivity index (χ3v) is 5.22. The van der Waals surface area contributed by atoms with Crippen molar-refractivity contribution in [2.45, 2.75) is 6.18 Å². The number of likely N-dealkylation sites (N-methyl/N-ethyl adjacent to an activating group) is 1. The largest absolute Gasteiger partial charge is 0.507 e. The molecule has 0 radical (unpaired) electrons. The summed E-state index contributed by atoms with van der Waals surface area (Å²) < 4.78 is 38.7. The predicted molar refractivity (Wildman–Crippen MR) is 105 cm³/mol. The Labute approximate surface area is 167 Å². The number of thiocarbonyl (C=S) groups is 1. The minimum Gasteiger partial charge on any atom is -0.507 e. The van der Waals surface area contributed by atoms with Gasteiger partial charge in [-0.3, -0.25) is 9.69 Å². The van der Waals surface area contributed by atoms with Crippen molar-refractivity contribution in [3.05, 3.63) is 58.5 Å². The van der Waals surface area contributed by atoms with E-state index in [2.05, 4.69) is 10.2 Å². The van der Waals surface area contributed by atoms with Crippen molar-refractivity contribution in [3.63, 3.8) is 0 Å². The van der Waals surface area contributed by atoms with Crippen LogP contribution in [0.3, 0.4) is 0 Å². The van der Waals surface area contributed by atoms with Crippen LogP contribution < -0.4 is 0 Å². The fraction of sp³-hybridized carbons (Fsp3) is 0.111. The Morgan fingerprint density at radius 2 is 1.82 bits per heavy atom. The molecule has 28 heavy (non-hydrogen) atoms. The number of thioether (sulfide) groups is 1. The highest BCUT2D eigenvalue weighted by Gasteiger charge is 2.30. The maximum Gasteiger partial charge on any atom is 0.416 e. The number of carbonyl (C=O) groups is 1. The Balaban J connectivity index is 1.87. The number of azo groups is 1. The molecule has 1 fully saturated rings. The van der Waals surface area contributed by atoms with E-state index in [0.717, 1.165) is 23.9 Å². The molecule has 5 nitrogen and oxygen atoms in total. The molecule has 144 valence electrons. The fourth-order valence-electron chi connectivity index (χ4n) is 2.27. The Morgan fingerprint density at radius 3 is 2.43 bits per heavy atom. The summed E-state index contributed by atoms with van der Waals surface area (Å²) in [5.74, 6) is -0.371. The number of nitrogens with zero attached hydrogens (tertiary/aromatic N) is 3. The van der Waals surface area contributed by atoms with Crippen molar-refractivity contribution in [1.82, 2.24) is 4.90 Å². The number of phenols is 1. The molecule has 1 aliphatic heterocycles. The molecular formula is C18H12F3N3O2S2. The first-order valence-corrected chi connectivity index (χ1v) is 9.01. The van der Waals surface area contributed by atoms with Gasteiger partial charge in [-0.2, -0.15) is 23.4 Å². The number of rotatable bonds is 3. The normalized spacial score (nSPS) is 16.6. The van der Waals surface area contributed by atoms with E-state index in [9.17, 15) is 23.1 Å². The third kappa shape index (κ3) is 4.39. The molecule has 10 heteroatoms. The van der Waals surface area contributed by atoms with Crippen LogP contribution in [0.5, 0.6) is 5.75 Å². The molecule has 0 aromatic heterocycles. The van der Waals surface area contributed by atoms with E-state index in [4.69, 9.17) is 12.2 Å². The van der Waals surface area contributed by atoms with Crippen molar-refractivity contribution >= 4 is 51.7 Å². The standard InChI is InChI=1S/C18H12F3N3O2S2/c1-24-16(26)15(28-17(24)27)8-10-7-13(5-6-14(10)25)23-22-12-4-2-3-11(9-12)18(19,20)21/h2-9,25H,1H3/b15-8+,23-22?. The van der Waals surface area contributed by atoms with Gasteiger partial charge in [0.1, 0.15) is 10.1 Å². The zero-order valence-electron chi connectivity index (χ0n) is 14.3. The van der Waals surface area contributed by atoms with Crippen LogP contribution in [-0.4, -0.2) is 27.3 Å². The van der Waals surface area contributed by atoms with Crippen molar-refractivity contribution in [1.29, 1.82) is 0 Å². The van der Waals surface area contributed by atoms with Crippen LogP contribution in [0.15, 0.2) is 57.6 Å². The van der Waals surface area contributed by atoms with E-state index in [0.29, 0.717) is 20.5 Å². The fourth-order valence-corrected chi connectivity index (χ4v) is 3.44. The first kappa shape index (κ1) is 20.0. The molecule has 1 amide bonds. The number of hydrogen-bond acceptors (Lipinski definition) is 6. The van der Waals surface area contributed by atoms with Gasteiger partial charge in [0.25, 0.3) is 5.91 Å². The summed E-state index contributed by atoms with van der Waals surface area (Å²) in [6.07, 6.45) is -3.00. The Bertz CT molecular complexity index is 1020. The third-order valence-electron chi connectivity index (χ3n) is 3.74. The summed E-state index contributed by atoms with van der Waals surface area (Å²) >= 11 is 6.16. The number of carbonyl (C=O) groups excluding carboxylic acids is 1. The van der Waals surface area contributed by atoms with Crippen LogP contribution in [0.25, 0.3) is 6.08 Å². The van der Waals surface area contributed by atoms with E-state index in [1.807, 2.05) is 0 Å². The summed E-state index contributed by atoms with van der Waals surface area (Å²) in [4.78, 5) is 13.7. The number of phenolic OH excluding ortho intramolecular Hbond substituents is 1. The second kappa shape index (κ2) is 7.72. The number of benzene rings is 2. The van der Waals surface area contributed by atoms with E-state index in [1.165, 1.54) is 41.3 Å². The molecule has 2 aromatic rings. The van der Waals surface area contributed by atoms with Gasteiger partial charge in [0.05, 0.1) is 21.8 Å². The molecule has 0 spiro atoms. The van der Waals surface area contributed by atoms with Gasteiger partial charge in [0.2, 0.25) is 0 Å². The SMILES string of the molecule is CN1C(=O)/C(=C\c2cc(N=Nc3cccc(C(F)(F)F)c3)ccc2O)SC1=S. The molecule has 1 heterocycles. The summed E-state index contributed by atoms with van der Waals surface area (Å²) in [6, 6.07) is 8.75. The number of alkyl halides is 3. The molecule has 1 N–H and O–H groups in total. The van der Waals surface area contributed by atoms with Crippen LogP contribution >= 0.6 is 24.0 Å². The maximum absolute atomic E-state index is 12.8. The average molecular weight is 423 g/mol. The van der Waals surface area contributed by atoms with Crippen molar-refractivity contribution in [3.8, 4) is 5.75 Å². The van der Waals surface area contributed by atoms with Gasteiger partial charge in [-0.1, -0.05) is 30.0 Å². The molecule has 0 unspecified atom stereocenters. The Morgan fingerprint density at radius 1 is 1.14 bits per heavy atom. The molecular weight excluding hydrogens is 411 g/mol. The van der Waals surface area contributed by atoms with E-state index in [-0.39, 0.29) is 17.3 Å². The first-order valence-electron chi connectivity index (χ1n) is 7.79. The lowest BCUT2D eigenvalue weighted by Gasteiger charge is -2.06. The van der Waals surface area contributed by atoms with Crippen LogP contribution in [0, 0.1) is 0 Å². The molecule has 0 aliphatic carbocycles. The highest BCUT2D eigenvalue weighted by molar-refractivity contribution is 8.26. The van der Waals surface area contributed by atoms with Crippen LogP contribution in [0.2, 0.25) is 0 Å². The van der Waals surface area contributed by atoms with Crippen LogP contribution in [0.4, 0.5) is 24.5 Å². The van der Waals surface area contributed by atoms with Gasteiger partial charge in [-0.05, 0) is 42.5 Å². The summed E-state index contributed by atoms with van der Waals surface area (Å²) in [7, 11) is 1.55. The second-order valence-electron chi connectivity index (χ2n) is 5.73. The number of amides is 1. The van der Waals surface area contributed by atoms with Crippen LogP contribution in [0.1, 0.15) is 11.1 Å². The van der Waals surface area contributed by atoms with Crippen molar-refractivity contribution < 1.29 is 23.1 Å². The van der Waals surface area contributed by atoms with Crippen molar-refractivity contribution in [2.75, 3.05) is 7.05 Å². The molecule has 0 atom stereocenters. The Hall–Kier alpha value is -2.72. The summed E-state index contributed by atoms with van der Waals surface area (Å²) in [6.45, 7) is 0. The first-order chi connectivity index (χ1) is 13.1. The minimum absolute atomic E-state index is 0.0382. The van der Waals surface area contributed by atoms with Gasteiger partial charge in [-0.25, -0.2) is 0 Å². The van der Waals surface area contributed by atoms with Gasteiger partial charge in [0.15, 0.2) is 0 Å². The zero-order valence-corrected chi connectivity index (χ0v) is 15.9. The molecule has 3 rings (SSSR count). The topological polar surface area (TPSA) is 65.3 Å². The summed E-state index contributed by atoms with van der Waals surface area (Å²) in [5, 5.41) is 17.7. The minimum atomic E-state index is -4.47. The number of hydrogen-bond donors (Lipinski definition) is 1. The second-order valence-corrected chi connectivity index (χ2v) is 7.41. The zero-order chi connectivity index (χ0) is 20.5. The summed E-state index contributed by atoms with van der Waals surface area (Å²) in [5.41, 5.74) is -0.170. The van der Waals surface area contributed by atoms with Crippen LogP contribution in [-0.2, 0) is 11.0 Å². The predicted octanol–water partition coefficient (Wildman–Crippen LogP) is 5.66. The highest BCUT2D eigenvalue weighted by atomic mass is 32.2. The van der Waals surface area contributed by atoms with E-state index < -0.39 is 11.7 Å². The van der Waals surface area contributed by atoms with Gasteiger partial charge in [-0.15, -0.1) is 0 Å². The van der Waals surface area contributed by atoms with Gasteiger partial charge >= 0.3 is 6.18 Å². The highest BCUT2D eigenvalue weighted by Crippen LogP contribution is 2.35. The molecule has 1 saturated heterocycles. The lowest BCUT2D eigenvalue weighted by atomic mass is 10.1. The maximum atomic E-state index is 12.8. The lowest BCUT2D eigenvalue weighted by molar-refractivity contribution is -0.137. The molecule has 1 aliphatic rings. The van der Waals surface area contributed by atoms with Gasteiger partial charge < -0.3 is 5.11 Å². The smallest absolute Gasteiger partial charge is 0.416 e. The number of aromatic hydroxyl groups is 1. The van der Waals surface area contributed by atoms with E-state index >= 15 is 0 Å². The average Bonchev–Trinajstić information content (AvgIpc) is 2.89. The number of halogens is 3. The molecule has 2 aromatic carbocycles. The molecule has 0 saturated carbocycles. The van der Waals surface area contributed by atoms with Gasteiger partial charge in [0, 0.05) is 12.6 Å².